The third-order valence-corrected chi connectivity index (χ3v) is 8.04. The number of nitrogen functional groups attached to an aromatic ring is 1. The van der Waals surface area contributed by atoms with Gasteiger partial charge in [-0.2, -0.15) is 0 Å². The maximum absolute atomic E-state index is 11.0. The van der Waals surface area contributed by atoms with Gasteiger partial charge in [-0.25, -0.2) is 19.2 Å². The van der Waals surface area contributed by atoms with Gasteiger partial charge in [0.1, 0.15) is 69.5 Å². The highest BCUT2D eigenvalue weighted by molar-refractivity contribution is 6.34. The number of fused-ring (bicyclic) bond motifs is 4. The van der Waals surface area contributed by atoms with Crippen molar-refractivity contribution in [1.29, 1.82) is 0 Å². The molecule has 0 bridgehead atoms. The number of para-hydroxylation sites is 1. The van der Waals surface area contributed by atoms with Crippen molar-refractivity contribution >= 4 is 46.9 Å². The molecule has 0 amide bonds. The molecule has 4 aliphatic heterocycles. The average Bonchev–Trinajstić information content (AvgIpc) is 3.20. The van der Waals surface area contributed by atoms with Crippen LogP contribution in [0.15, 0.2) is 54.6 Å². The Morgan fingerprint density at radius 1 is 0.544 bits per heavy atom. The Bertz CT molecular complexity index is 2140. The van der Waals surface area contributed by atoms with Crippen molar-refractivity contribution in [3.8, 4) is 46.0 Å². The number of rotatable bonds is 5. The van der Waals surface area contributed by atoms with Gasteiger partial charge < -0.3 is 64.1 Å². The summed E-state index contributed by atoms with van der Waals surface area (Å²) in [7, 11) is 0. The fourth-order valence-corrected chi connectivity index (χ4v) is 5.58. The van der Waals surface area contributed by atoms with Gasteiger partial charge in [0, 0.05) is 7.49 Å². The number of nitrogens with two attached hydrogens (primary N) is 1. The molecular formula is C36H33ClN2O18. The number of carboxylic acids is 4. The molecule has 8 rings (SSSR count). The van der Waals surface area contributed by atoms with E-state index in [4.69, 9.17) is 75.7 Å². The van der Waals surface area contributed by atoms with E-state index >= 15 is 0 Å². The first-order chi connectivity index (χ1) is 27.3. The number of ether oxygens (including phenoxy) is 8. The molecule has 4 aliphatic rings. The zero-order chi connectivity index (χ0) is 41.2. The third kappa shape index (κ3) is 9.49. The molecule has 0 radical (unpaired) electrons. The van der Waals surface area contributed by atoms with Crippen LogP contribution in [0.2, 0.25) is 5.02 Å². The molecule has 6 N–H and O–H groups in total. The average molecular weight is 817 g/mol. The molecule has 4 aromatic rings. The maximum atomic E-state index is 11.0. The van der Waals surface area contributed by atoms with Crippen molar-refractivity contribution in [2.24, 2.45) is 0 Å². The number of carboxylic acid groups (broad SMARTS) is 4. The van der Waals surface area contributed by atoms with Crippen molar-refractivity contribution < 1.29 is 83.8 Å². The molecule has 0 aromatic heterocycles. The summed E-state index contributed by atoms with van der Waals surface area (Å²) in [6, 6.07) is 13.4. The number of anilines is 1. The molecule has 0 atom stereocenters. The number of benzene rings is 4. The van der Waals surface area contributed by atoms with Crippen LogP contribution < -0.4 is 43.6 Å². The van der Waals surface area contributed by atoms with E-state index in [2.05, 4.69) is 0 Å². The summed E-state index contributed by atoms with van der Waals surface area (Å²) in [4.78, 5) is 53.3. The molecule has 20 nitrogen and oxygen atoms in total. The number of nitrogens with zero attached hydrogens (tertiary/aromatic N) is 1. The molecule has 4 heterocycles. The number of halogens is 1. The summed E-state index contributed by atoms with van der Waals surface area (Å²) >= 11 is 5.74. The lowest BCUT2D eigenvalue weighted by Gasteiger charge is -2.20. The Labute approximate surface area is 326 Å². The summed E-state index contributed by atoms with van der Waals surface area (Å²) in [6.45, 7) is 2.87. The number of hydrogen-bond acceptors (Lipinski definition) is 15. The SMILES string of the molecule is Nc1ccc2c(c1C(=O)O)OCCO2.O=C(O)c1c(Cl)ccc2c1OCCO2.O=C(O)c1c([N+](=O)[O-])ccc2c1OCCO2.O=C(O)c1cccc2c1OCCO2.[HH]. The molecule has 0 saturated carbocycles. The van der Waals surface area contributed by atoms with Gasteiger partial charge in [0.25, 0.3) is 5.69 Å². The Balaban J connectivity index is 0.000000171. The van der Waals surface area contributed by atoms with E-state index in [0.717, 1.165) is 6.07 Å². The predicted octanol–water partition coefficient (Wildman–Crippen LogP) is 5.01. The smallest absolute Gasteiger partial charge is 0.346 e. The van der Waals surface area contributed by atoms with Gasteiger partial charge in [-0.1, -0.05) is 17.7 Å². The number of carbonyl (C=O) groups is 4. The third-order valence-electron chi connectivity index (χ3n) is 7.72. The highest BCUT2D eigenvalue weighted by Crippen LogP contribution is 2.40. The van der Waals surface area contributed by atoms with Crippen LogP contribution in [0.5, 0.6) is 46.0 Å². The van der Waals surface area contributed by atoms with Crippen molar-refractivity contribution in [2.45, 2.75) is 0 Å². The van der Waals surface area contributed by atoms with Gasteiger partial charge in [0.15, 0.2) is 51.6 Å². The summed E-state index contributed by atoms with van der Waals surface area (Å²) in [5.41, 5.74) is 4.82. The fraction of sp³-hybridized carbons (Fsp3) is 0.222. The predicted molar refractivity (Wildman–Crippen MR) is 196 cm³/mol. The quantitative estimate of drug-likeness (QED) is 0.100. The van der Waals surface area contributed by atoms with Crippen LogP contribution in [0, 0.1) is 10.1 Å². The number of aromatic carboxylic acids is 4. The van der Waals surface area contributed by atoms with Crippen molar-refractivity contribution in [3.63, 3.8) is 0 Å². The number of nitro benzene ring substituents is 1. The van der Waals surface area contributed by atoms with Gasteiger partial charge in [0.2, 0.25) is 0 Å². The van der Waals surface area contributed by atoms with Gasteiger partial charge >= 0.3 is 23.9 Å². The molecule has 0 unspecified atom stereocenters. The van der Waals surface area contributed by atoms with Crippen molar-refractivity contribution in [1.82, 2.24) is 0 Å². The molecule has 302 valence electrons. The van der Waals surface area contributed by atoms with Crippen LogP contribution in [-0.4, -0.2) is 102 Å². The zero-order valence-corrected chi connectivity index (χ0v) is 30.0. The standard InChI is InChI=1S/C9H7ClO4.C9H7NO6.C9H9NO4.C9H8O4.H2/c10-5-1-2-6-8(7(5)9(11)12)14-4-3-13-6;11-9(12)7-5(10(13)14)1-2-6-8(7)16-4-3-15-6;10-5-1-2-6-8(7(5)9(11)12)14-4-3-13-6;10-9(11)6-2-1-3-7-8(6)13-5-4-12-7;/h1-2H,3-4H2,(H,11,12);1-2H,3-4H2,(H,11,12);1-2H,3-4,10H2,(H,11,12);1-3H,4-5H2,(H,10,11);1H. The van der Waals surface area contributed by atoms with Crippen LogP contribution in [0.25, 0.3) is 0 Å². The minimum Gasteiger partial charge on any atom is -0.486 e. The highest BCUT2D eigenvalue weighted by Gasteiger charge is 2.30. The number of hydrogen-bond donors (Lipinski definition) is 5. The first-order valence-corrected chi connectivity index (χ1v) is 16.8. The van der Waals surface area contributed by atoms with Crippen LogP contribution in [0.4, 0.5) is 11.4 Å². The van der Waals surface area contributed by atoms with E-state index in [1.54, 1.807) is 24.3 Å². The number of nitro groups is 1. The zero-order valence-electron chi connectivity index (χ0n) is 29.3. The molecular weight excluding hydrogens is 784 g/mol. The summed E-state index contributed by atoms with van der Waals surface area (Å²) in [5.74, 6) is -2.34. The lowest BCUT2D eigenvalue weighted by Crippen LogP contribution is -2.18. The first kappa shape index (κ1) is 40.8. The van der Waals surface area contributed by atoms with Crippen LogP contribution in [0.1, 0.15) is 42.9 Å². The highest BCUT2D eigenvalue weighted by atomic mass is 35.5. The lowest BCUT2D eigenvalue weighted by molar-refractivity contribution is -0.385. The van der Waals surface area contributed by atoms with Gasteiger partial charge in [-0.15, -0.1) is 0 Å². The minimum absolute atomic E-state index is 0. The molecule has 57 heavy (non-hydrogen) atoms. The summed E-state index contributed by atoms with van der Waals surface area (Å²) < 4.78 is 41.5. The monoisotopic (exact) mass is 816 g/mol. The van der Waals surface area contributed by atoms with E-state index in [1.165, 1.54) is 24.3 Å². The van der Waals surface area contributed by atoms with E-state index < -0.39 is 40.1 Å². The van der Waals surface area contributed by atoms with Crippen molar-refractivity contribution in [2.75, 3.05) is 58.6 Å². The Kier molecular flexibility index (Phi) is 13.1. The van der Waals surface area contributed by atoms with E-state index in [9.17, 15) is 29.3 Å². The second-order valence-electron chi connectivity index (χ2n) is 11.3. The Morgan fingerprint density at radius 2 is 0.947 bits per heavy atom. The van der Waals surface area contributed by atoms with Gasteiger partial charge in [0.05, 0.1) is 15.6 Å². The van der Waals surface area contributed by atoms with E-state index in [-0.39, 0.29) is 58.4 Å². The van der Waals surface area contributed by atoms with Crippen LogP contribution in [-0.2, 0) is 0 Å². The lowest BCUT2D eigenvalue weighted by atomic mass is 10.1. The summed E-state index contributed by atoms with van der Waals surface area (Å²) in [5, 5.41) is 46.4. The van der Waals surface area contributed by atoms with Crippen LogP contribution in [0.3, 0.4) is 0 Å². The summed E-state index contributed by atoms with van der Waals surface area (Å²) in [6.07, 6.45) is 0. The maximum Gasteiger partial charge on any atom is 0.346 e. The molecule has 4 aromatic carbocycles. The molecule has 0 spiro atoms. The Hall–Kier alpha value is -7.35. The minimum atomic E-state index is -1.41. The largest absolute Gasteiger partial charge is 0.486 e. The fourth-order valence-electron chi connectivity index (χ4n) is 5.35. The molecule has 0 saturated heterocycles. The topological polar surface area (TPSA) is 292 Å². The Morgan fingerprint density at radius 3 is 1.42 bits per heavy atom. The normalized spacial score (nSPS) is 13.6. The molecule has 0 fully saturated rings. The first-order valence-electron chi connectivity index (χ1n) is 16.4. The van der Waals surface area contributed by atoms with Crippen molar-refractivity contribution in [3.05, 3.63) is 92.0 Å². The van der Waals surface area contributed by atoms with Crippen LogP contribution >= 0.6 is 11.6 Å². The second kappa shape index (κ2) is 18.3. The van der Waals surface area contributed by atoms with Gasteiger partial charge in [-0.05, 0) is 42.5 Å². The molecule has 0 aliphatic carbocycles. The van der Waals surface area contributed by atoms with E-state index in [1.807, 2.05) is 0 Å². The second-order valence-corrected chi connectivity index (χ2v) is 11.7. The van der Waals surface area contributed by atoms with Gasteiger partial charge in [-0.3, -0.25) is 10.1 Å². The molecule has 21 heteroatoms. The van der Waals surface area contributed by atoms with E-state index in [0.29, 0.717) is 69.2 Å².